The van der Waals surface area contributed by atoms with Crippen LogP contribution in [0.5, 0.6) is 0 Å². The average Bonchev–Trinajstić information content (AvgIpc) is 1.97. The summed E-state index contributed by atoms with van der Waals surface area (Å²) < 4.78 is 0. The molecule has 0 saturated heterocycles. The van der Waals surface area contributed by atoms with Crippen molar-refractivity contribution in [2.75, 3.05) is 13.2 Å². The summed E-state index contributed by atoms with van der Waals surface area (Å²) in [7, 11) is 0. The molecular formula is C8H20AsIO2. The normalized spacial score (nSPS) is 11.0. The van der Waals surface area contributed by atoms with E-state index in [1.165, 1.54) is 10.4 Å². The zero-order chi connectivity index (χ0) is 8.74. The molecule has 0 aromatic carbocycles. The van der Waals surface area contributed by atoms with Gasteiger partial charge in [0.15, 0.2) is 0 Å². The Morgan fingerprint density at radius 3 is 1.50 bits per heavy atom. The van der Waals surface area contributed by atoms with Gasteiger partial charge in [0, 0.05) is 0 Å². The van der Waals surface area contributed by atoms with Crippen LogP contribution in [0.2, 0.25) is 21.8 Å². The number of aliphatic hydroxyl groups is 2. The van der Waals surface area contributed by atoms with Crippen molar-refractivity contribution in [1.82, 2.24) is 0 Å². The fourth-order valence-corrected chi connectivity index (χ4v) is 5.76. The summed E-state index contributed by atoms with van der Waals surface area (Å²) in [6, 6.07) is 0. The van der Waals surface area contributed by atoms with Crippen molar-refractivity contribution in [2.24, 2.45) is 0 Å². The number of hydrogen-bond donors (Lipinski definition) is 2. The molecule has 0 spiro atoms. The quantitative estimate of drug-likeness (QED) is 0.451. The number of aliphatic hydroxyl groups excluding tert-OH is 2. The first-order valence-electron chi connectivity index (χ1n) is 4.16. The second kappa shape index (κ2) is 8.79. The Hall–Kier alpha value is 1.21. The first-order valence-corrected chi connectivity index (χ1v) is 10.6. The molecule has 0 unspecified atom stereocenters. The predicted molar refractivity (Wildman–Crippen MR) is 50.5 cm³/mol. The SMILES string of the molecule is C[As+](C)(CCCO)CCCO.[I-]. The van der Waals surface area contributed by atoms with E-state index in [1.807, 2.05) is 0 Å². The fraction of sp³-hybridized carbons (Fsp3) is 1.00. The van der Waals surface area contributed by atoms with Crippen molar-refractivity contribution >= 4 is 13.6 Å². The van der Waals surface area contributed by atoms with Crippen molar-refractivity contribution in [2.45, 2.75) is 34.7 Å². The van der Waals surface area contributed by atoms with Gasteiger partial charge in [0.1, 0.15) is 0 Å². The van der Waals surface area contributed by atoms with Gasteiger partial charge in [-0.2, -0.15) is 0 Å². The van der Waals surface area contributed by atoms with E-state index in [4.69, 9.17) is 10.2 Å². The summed E-state index contributed by atoms with van der Waals surface area (Å²) in [6.45, 7) is 0.647. The molecule has 0 rings (SSSR count). The molecule has 0 heterocycles. The zero-order valence-electron chi connectivity index (χ0n) is 7.96. The molecule has 0 aromatic rings. The molecule has 0 amide bonds. The molecule has 4 heteroatoms. The van der Waals surface area contributed by atoms with Crippen molar-refractivity contribution in [1.29, 1.82) is 0 Å². The van der Waals surface area contributed by atoms with Crippen molar-refractivity contribution in [3.05, 3.63) is 0 Å². The van der Waals surface area contributed by atoms with Gasteiger partial charge in [-0.05, 0) is 0 Å². The molecule has 0 fully saturated rings. The van der Waals surface area contributed by atoms with Crippen LogP contribution >= 0.6 is 0 Å². The van der Waals surface area contributed by atoms with Crippen LogP contribution < -0.4 is 24.0 Å². The Labute approximate surface area is 95.2 Å². The molecule has 12 heavy (non-hydrogen) atoms. The molecule has 0 radical (unpaired) electrons. The third-order valence-electron chi connectivity index (χ3n) is 1.84. The van der Waals surface area contributed by atoms with Gasteiger partial charge in [-0.15, -0.1) is 0 Å². The van der Waals surface area contributed by atoms with Gasteiger partial charge in [0.25, 0.3) is 0 Å². The van der Waals surface area contributed by atoms with E-state index in [0.29, 0.717) is 13.2 Å². The molecule has 2 nitrogen and oxygen atoms in total. The van der Waals surface area contributed by atoms with Crippen LogP contribution in [0, 0.1) is 0 Å². The van der Waals surface area contributed by atoms with Gasteiger partial charge in [-0.1, -0.05) is 0 Å². The molecular weight excluding hydrogens is 330 g/mol. The largest absolute Gasteiger partial charge is 1.00 e. The van der Waals surface area contributed by atoms with E-state index in [9.17, 15) is 0 Å². The van der Waals surface area contributed by atoms with Crippen LogP contribution in [0.25, 0.3) is 0 Å². The van der Waals surface area contributed by atoms with E-state index in [-0.39, 0.29) is 24.0 Å². The Kier molecular flexibility index (Phi) is 11.5. The Morgan fingerprint density at radius 2 is 1.25 bits per heavy atom. The Morgan fingerprint density at radius 1 is 0.917 bits per heavy atom. The van der Waals surface area contributed by atoms with E-state index in [1.54, 1.807) is 0 Å². The third kappa shape index (κ3) is 9.30. The Bertz CT molecular complexity index is 89.1. The number of hydrogen-bond acceptors (Lipinski definition) is 2. The smallest absolute Gasteiger partial charge is 1.00 e. The molecule has 0 bridgehead atoms. The van der Waals surface area contributed by atoms with Gasteiger partial charge >= 0.3 is 71.7 Å². The van der Waals surface area contributed by atoms with E-state index in [2.05, 4.69) is 11.4 Å². The van der Waals surface area contributed by atoms with Crippen LogP contribution in [-0.2, 0) is 0 Å². The van der Waals surface area contributed by atoms with E-state index < -0.39 is 13.6 Å². The summed E-state index contributed by atoms with van der Waals surface area (Å²) in [6.07, 6.45) is 1.90. The van der Waals surface area contributed by atoms with Gasteiger partial charge in [0.05, 0.1) is 0 Å². The Balaban J connectivity index is 0. The first kappa shape index (κ1) is 15.7. The maximum absolute atomic E-state index is 8.63. The van der Waals surface area contributed by atoms with E-state index >= 15 is 0 Å². The van der Waals surface area contributed by atoms with E-state index in [0.717, 1.165) is 12.8 Å². The minimum Gasteiger partial charge on any atom is -1.00 e. The summed E-state index contributed by atoms with van der Waals surface area (Å²) in [5.41, 5.74) is 4.70. The van der Waals surface area contributed by atoms with Gasteiger partial charge < -0.3 is 24.0 Å². The summed E-state index contributed by atoms with van der Waals surface area (Å²) in [4.78, 5) is 0. The first-order chi connectivity index (χ1) is 5.12. The molecule has 2 N–H and O–H groups in total. The van der Waals surface area contributed by atoms with Crippen molar-refractivity contribution in [3.8, 4) is 0 Å². The topological polar surface area (TPSA) is 40.5 Å². The number of rotatable bonds is 6. The third-order valence-corrected chi connectivity index (χ3v) is 8.25. The van der Waals surface area contributed by atoms with Crippen molar-refractivity contribution in [3.63, 3.8) is 0 Å². The van der Waals surface area contributed by atoms with Crippen molar-refractivity contribution < 1.29 is 34.2 Å². The molecule has 0 aliphatic heterocycles. The standard InChI is InChI=1S/C8H20AsO2.HI/c1-9(2,5-3-7-10)6-4-8-11;/h10-11H,3-8H2,1-2H3;1H/q+1;/p-1. The molecule has 0 saturated carbocycles. The average molecular weight is 350 g/mol. The molecule has 0 aromatic heterocycles. The monoisotopic (exact) mass is 350 g/mol. The maximum atomic E-state index is 8.63. The van der Waals surface area contributed by atoms with Crippen LogP contribution in [-0.4, -0.2) is 37.0 Å². The number of halogens is 1. The predicted octanol–water partition coefficient (Wildman–Crippen LogP) is -1.54. The summed E-state index contributed by atoms with van der Waals surface area (Å²) in [5, 5.41) is 19.7. The minimum absolute atomic E-state index is 0. The van der Waals surface area contributed by atoms with Crippen LogP contribution in [0.3, 0.4) is 0 Å². The molecule has 0 atom stereocenters. The molecule has 0 aliphatic carbocycles. The van der Waals surface area contributed by atoms with Gasteiger partial charge in [-0.3, -0.25) is 0 Å². The summed E-state index contributed by atoms with van der Waals surface area (Å²) >= 11 is -1.39. The maximum Gasteiger partial charge on any atom is -1.00 e. The minimum atomic E-state index is -1.39. The molecule has 0 aliphatic rings. The second-order valence-corrected chi connectivity index (χ2v) is 13.5. The van der Waals surface area contributed by atoms with Gasteiger partial charge in [-0.25, -0.2) is 0 Å². The second-order valence-electron chi connectivity index (χ2n) is 3.54. The van der Waals surface area contributed by atoms with Crippen LogP contribution in [0.4, 0.5) is 0 Å². The zero-order valence-corrected chi connectivity index (χ0v) is 12.0. The van der Waals surface area contributed by atoms with Gasteiger partial charge in [0.2, 0.25) is 0 Å². The fourth-order valence-electron chi connectivity index (χ4n) is 1.11. The molecule has 76 valence electrons. The van der Waals surface area contributed by atoms with Crippen LogP contribution in [0.1, 0.15) is 12.8 Å². The van der Waals surface area contributed by atoms with Crippen LogP contribution in [0.15, 0.2) is 0 Å². The summed E-state index contributed by atoms with van der Waals surface area (Å²) in [5.74, 6) is 0.